The SMILES string of the molecule is CC(C)(C)C(NC(=O)O)C(Cc1ccccc1)NC(=O)c1coc(Br)c1. The van der Waals surface area contributed by atoms with E-state index < -0.39 is 23.6 Å². The van der Waals surface area contributed by atoms with Crippen molar-refractivity contribution in [3.8, 4) is 0 Å². The maximum atomic E-state index is 12.6. The minimum Gasteiger partial charge on any atom is -0.465 e. The van der Waals surface area contributed by atoms with E-state index in [2.05, 4.69) is 26.6 Å². The van der Waals surface area contributed by atoms with E-state index in [4.69, 9.17) is 4.42 Å². The monoisotopic (exact) mass is 422 g/mol. The van der Waals surface area contributed by atoms with Gasteiger partial charge in [0.25, 0.3) is 5.91 Å². The van der Waals surface area contributed by atoms with E-state index in [9.17, 15) is 14.7 Å². The highest BCUT2D eigenvalue weighted by Gasteiger charge is 2.35. The number of rotatable bonds is 6. The van der Waals surface area contributed by atoms with Crippen LogP contribution in [0.15, 0.2) is 51.7 Å². The highest BCUT2D eigenvalue weighted by atomic mass is 79.9. The molecule has 26 heavy (non-hydrogen) atoms. The number of carbonyl (C=O) groups excluding carboxylic acids is 1. The molecule has 2 aromatic rings. The summed E-state index contributed by atoms with van der Waals surface area (Å²) in [6, 6.07) is 10.3. The molecule has 2 unspecified atom stereocenters. The minimum absolute atomic E-state index is 0.318. The van der Waals surface area contributed by atoms with E-state index in [1.165, 1.54) is 6.26 Å². The van der Waals surface area contributed by atoms with Crippen molar-refractivity contribution in [2.45, 2.75) is 39.3 Å². The first-order chi connectivity index (χ1) is 12.2. The first kappa shape index (κ1) is 20.0. The molecule has 2 atom stereocenters. The highest BCUT2D eigenvalue weighted by Crippen LogP contribution is 2.24. The van der Waals surface area contributed by atoms with Crippen LogP contribution in [0.5, 0.6) is 0 Å². The average Bonchev–Trinajstić information content (AvgIpc) is 2.98. The Hall–Kier alpha value is -2.28. The molecule has 1 heterocycles. The van der Waals surface area contributed by atoms with Gasteiger partial charge in [-0.3, -0.25) is 4.79 Å². The van der Waals surface area contributed by atoms with Crippen molar-refractivity contribution in [3.05, 3.63) is 58.5 Å². The summed E-state index contributed by atoms with van der Waals surface area (Å²) in [7, 11) is 0. The van der Waals surface area contributed by atoms with E-state index in [0.29, 0.717) is 16.7 Å². The zero-order valence-electron chi connectivity index (χ0n) is 15.0. The van der Waals surface area contributed by atoms with Gasteiger partial charge in [-0.05, 0) is 33.3 Å². The normalized spacial score (nSPS) is 13.7. The number of halogens is 1. The van der Waals surface area contributed by atoms with Crippen molar-refractivity contribution < 1.29 is 19.1 Å². The number of amides is 2. The van der Waals surface area contributed by atoms with Gasteiger partial charge in [-0.25, -0.2) is 4.79 Å². The Bertz CT molecular complexity index is 752. The molecular formula is C19H23BrN2O4. The average molecular weight is 423 g/mol. The number of benzene rings is 1. The standard InChI is InChI=1S/C19H23BrN2O4/c1-19(2,3)16(22-18(24)25)14(9-12-7-5-4-6-8-12)21-17(23)13-10-15(20)26-11-13/h4-8,10-11,14,16,22H,9H2,1-3H3,(H,21,23)(H,24,25). The van der Waals surface area contributed by atoms with Gasteiger partial charge in [0.15, 0.2) is 4.67 Å². The molecule has 0 aliphatic heterocycles. The quantitative estimate of drug-likeness (QED) is 0.654. The van der Waals surface area contributed by atoms with Crippen LogP contribution in [0.4, 0.5) is 4.79 Å². The molecule has 0 aliphatic carbocycles. The van der Waals surface area contributed by atoms with Crippen LogP contribution in [0.25, 0.3) is 0 Å². The second-order valence-corrected chi connectivity index (χ2v) is 7.98. The maximum absolute atomic E-state index is 12.6. The molecule has 0 radical (unpaired) electrons. The highest BCUT2D eigenvalue weighted by molar-refractivity contribution is 9.10. The second-order valence-electron chi connectivity index (χ2n) is 7.20. The summed E-state index contributed by atoms with van der Waals surface area (Å²) < 4.78 is 5.58. The number of carbonyl (C=O) groups is 2. The van der Waals surface area contributed by atoms with E-state index in [0.717, 1.165) is 5.56 Å². The molecule has 0 aliphatic rings. The van der Waals surface area contributed by atoms with Crippen LogP contribution in [-0.2, 0) is 6.42 Å². The predicted octanol–water partition coefficient (Wildman–Crippen LogP) is 4.07. The van der Waals surface area contributed by atoms with E-state index in [1.807, 2.05) is 51.1 Å². The zero-order chi connectivity index (χ0) is 19.3. The van der Waals surface area contributed by atoms with E-state index >= 15 is 0 Å². The van der Waals surface area contributed by atoms with Crippen LogP contribution in [0.3, 0.4) is 0 Å². The van der Waals surface area contributed by atoms with Gasteiger partial charge >= 0.3 is 6.09 Å². The van der Waals surface area contributed by atoms with Crippen LogP contribution in [0.2, 0.25) is 0 Å². The van der Waals surface area contributed by atoms with Crippen LogP contribution in [-0.4, -0.2) is 29.2 Å². The maximum Gasteiger partial charge on any atom is 0.404 e. The Kier molecular flexibility index (Phi) is 6.47. The summed E-state index contributed by atoms with van der Waals surface area (Å²) in [5.74, 6) is -0.318. The Morgan fingerprint density at radius 2 is 1.85 bits per heavy atom. The first-order valence-electron chi connectivity index (χ1n) is 8.25. The lowest BCUT2D eigenvalue weighted by Crippen LogP contribution is -2.58. The van der Waals surface area contributed by atoms with Crippen molar-refractivity contribution in [2.75, 3.05) is 0 Å². The molecule has 0 fully saturated rings. The molecule has 1 aromatic heterocycles. The molecule has 0 bridgehead atoms. The summed E-state index contributed by atoms with van der Waals surface area (Å²) in [6.07, 6.45) is 0.729. The molecule has 0 saturated carbocycles. The summed E-state index contributed by atoms with van der Waals surface area (Å²) in [5.41, 5.74) is 0.979. The van der Waals surface area contributed by atoms with Crippen molar-refractivity contribution in [3.63, 3.8) is 0 Å². The summed E-state index contributed by atoms with van der Waals surface area (Å²) in [6.45, 7) is 5.81. The summed E-state index contributed by atoms with van der Waals surface area (Å²) in [4.78, 5) is 23.9. The molecule has 3 N–H and O–H groups in total. The molecule has 2 amide bonds. The van der Waals surface area contributed by atoms with Gasteiger partial charge in [0.2, 0.25) is 0 Å². The molecule has 0 spiro atoms. The lowest BCUT2D eigenvalue weighted by Gasteiger charge is -2.37. The van der Waals surface area contributed by atoms with Crippen molar-refractivity contribution in [1.82, 2.24) is 10.6 Å². The number of furan rings is 1. The molecule has 0 saturated heterocycles. The fourth-order valence-corrected chi connectivity index (χ4v) is 3.19. The predicted molar refractivity (Wildman–Crippen MR) is 102 cm³/mol. The number of nitrogens with one attached hydrogen (secondary N) is 2. The van der Waals surface area contributed by atoms with Gasteiger partial charge in [0.05, 0.1) is 17.6 Å². The number of hydrogen-bond donors (Lipinski definition) is 3. The van der Waals surface area contributed by atoms with Gasteiger partial charge in [-0.1, -0.05) is 51.1 Å². The lowest BCUT2D eigenvalue weighted by molar-refractivity contribution is 0.0900. The molecule has 1 aromatic carbocycles. The molecular weight excluding hydrogens is 400 g/mol. The van der Waals surface area contributed by atoms with Gasteiger partial charge in [0.1, 0.15) is 6.26 Å². The Labute approximate surface area is 161 Å². The first-order valence-corrected chi connectivity index (χ1v) is 9.04. The summed E-state index contributed by atoms with van der Waals surface area (Å²) in [5, 5.41) is 14.8. The number of carboxylic acid groups (broad SMARTS) is 1. The van der Waals surface area contributed by atoms with Crippen LogP contribution < -0.4 is 10.6 Å². The molecule has 2 rings (SSSR count). The van der Waals surface area contributed by atoms with Gasteiger partial charge < -0.3 is 20.2 Å². The Morgan fingerprint density at radius 1 is 1.19 bits per heavy atom. The smallest absolute Gasteiger partial charge is 0.404 e. The Balaban J connectivity index is 2.30. The van der Waals surface area contributed by atoms with Crippen LogP contribution in [0.1, 0.15) is 36.7 Å². The van der Waals surface area contributed by atoms with Crippen LogP contribution >= 0.6 is 15.9 Å². The summed E-state index contributed by atoms with van der Waals surface area (Å²) >= 11 is 3.18. The number of hydrogen-bond acceptors (Lipinski definition) is 3. The third kappa shape index (κ3) is 5.62. The molecule has 7 heteroatoms. The fraction of sp³-hybridized carbons (Fsp3) is 0.368. The van der Waals surface area contributed by atoms with Gasteiger partial charge in [-0.15, -0.1) is 0 Å². The van der Waals surface area contributed by atoms with Crippen molar-refractivity contribution in [2.24, 2.45) is 5.41 Å². The van der Waals surface area contributed by atoms with E-state index in [1.54, 1.807) is 6.07 Å². The van der Waals surface area contributed by atoms with Crippen molar-refractivity contribution in [1.29, 1.82) is 0 Å². The fourth-order valence-electron chi connectivity index (χ4n) is 2.85. The van der Waals surface area contributed by atoms with Crippen LogP contribution in [0, 0.1) is 5.41 Å². The third-order valence-corrected chi connectivity index (χ3v) is 4.47. The largest absolute Gasteiger partial charge is 0.465 e. The third-order valence-electron chi connectivity index (χ3n) is 4.06. The van der Waals surface area contributed by atoms with Gasteiger partial charge in [0, 0.05) is 6.07 Å². The minimum atomic E-state index is -1.12. The lowest BCUT2D eigenvalue weighted by atomic mass is 9.80. The molecule has 140 valence electrons. The van der Waals surface area contributed by atoms with Gasteiger partial charge in [-0.2, -0.15) is 0 Å². The van der Waals surface area contributed by atoms with Crippen molar-refractivity contribution >= 4 is 27.9 Å². The molecule has 6 nitrogen and oxygen atoms in total. The second kappa shape index (κ2) is 8.40. The zero-order valence-corrected chi connectivity index (χ0v) is 16.5. The Morgan fingerprint density at radius 3 is 2.35 bits per heavy atom. The van der Waals surface area contributed by atoms with E-state index in [-0.39, 0.29) is 5.91 Å². The topological polar surface area (TPSA) is 91.6 Å².